The van der Waals surface area contributed by atoms with Gasteiger partial charge in [-0.05, 0) is 40.7 Å². The predicted octanol–water partition coefficient (Wildman–Crippen LogP) is 2.81. The molecule has 11 heavy (non-hydrogen) atoms. The minimum Gasteiger partial charge on any atom is -0.160 e. The quantitative estimate of drug-likeness (QED) is 0.429. The van der Waals surface area contributed by atoms with Gasteiger partial charge in [-0.1, -0.05) is 5.57 Å². The van der Waals surface area contributed by atoms with Crippen molar-refractivity contribution in [3.8, 4) is 0 Å². The van der Waals surface area contributed by atoms with E-state index in [2.05, 4.69) is 10.2 Å². The molecule has 0 heterocycles. The third kappa shape index (κ3) is 6.97. The molecule has 0 aromatic rings. The van der Waals surface area contributed by atoms with Crippen LogP contribution in [0.1, 0.15) is 34.6 Å². The summed E-state index contributed by atoms with van der Waals surface area (Å²) in [4.78, 5) is 0. The van der Waals surface area contributed by atoms with E-state index < -0.39 is 0 Å². The van der Waals surface area contributed by atoms with Crippen LogP contribution in [0.25, 0.3) is 0 Å². The fourth-order valence-corrected chi connectivity index (χ4v) is 0.626. The molecule has 2 nitrogen and oxygen atoms in total. The van der Waals surface area contributed by atoms with Crippen molar-refractivity contribution in [2.24, 2.45) is 10.2 Å². The van der Waals surface area contributed by atoms with Crippen LogP contribution in [-0.4, -0.2) is 11.4 Å². The van der Waals surface area contributed by atoms with Crippen LogP contribution in [-0.2, 0) is 0 Å². The van der Waals surface area contributed by atoms with Gasteiger partial charge < -0.3 is 0 Å². The third-order valence-electron chi connectivity index (χ3n) is 0.905. The number of nitrogens with zero attached hydrogens (tertiary/aromatic N) is 2. The zero-order valence-corrected chi connectivity index (χ0v) is 7.97. The van der Waals surface area contributed by atoms with Crippen molar-refractivity contribution in [1.29, 1.82) is 0 Å². The lowest BCUT2D eigenvalue weighted by Crippen LogP contribution is -1.86. The summed E-state index contributed by atoms with van der Waals surface area (Å²) in [6.45, 7) is 9.89. The van der Waals surface area contributed by atoms with Crippen LogP contribution < -0.4 is 0 Å². The highest BCUT2D eigenvalue weighted by Gasteiger charge is 1.83. The van der Waals surface area contributed by atoms with E-state index in [1.165, 1.54) is 5.57 Å². The smallest absolute Gasteiger partial charge is 0.0598 e. The molecular weight excluding hydrogens is 136 g/mol. The first-order chi connectivity index (χ1) is 5.02. The lowest BCUT2D eigenvalue weighted by Gasteiger charge is -1.89. The van der Waals surface area contributed by atoms with E-state index >= 15 is 0 Å². The Morgan fingerprint density at radius 2 is 1.45 bits per heavy atom. The molecule has 0 bridgehead atoms. The summed E-state index contributed by atoms with van der Waals surface area (Å²) in [5.74, 6) is 0. The second-order valence-corrected chi connectivity index (χ2v) is 3.01. The molecule has 0 aromatic heterocycles. The molecule has 0 atom stereocenters. The van der Waals surface area contributed by atoms with Gasteiger partial charge in [-0.3, -0.25) is 0 Å². The Morgan fingerprint density at radius 1 is 0.909 bits per heavy atom. The highest BCUT2D eigenvalue weighted by molar-refractivity contribution is 5.93. The van der Waals surface area contributed by atoms with E-state index in [-0.39, 0.29) is 0 Å². The maximum Gasteiger partial charge on any atom is 0.0598 e. The highest BCUT2D eigenvalue weighted by Crippen LogP contribution is 1.91. The maximum atomic E-state index is 3.99. The molecule has 0 N–H and O–H groups in total. The first-order valence-electron chi connectivity index (χ1n) is 3.72. The lowest BCUT2D eigenvalue weighted by molar-refractivity contribution is 1.21. The summed E-state index contributed by atoms with van der Waals surface area (Å²) in [5.41, 5.74) is 3.17. The topological polar surface area (TPSA) is 24.7 Å². The maximum absolute atomic E-state index is 3.99. The Bertz CT molecular complexity index is 202. The molecule has 0 fully saturated rings. The molecule has 0 unspecified atom stereocenters. The van der Waals surface area contributed by atoms with Crippen LogP contribution in [0.3, 0.4) is 0 Å². The van der Waals surface area contributed by atoms with E-state index in [1.807, 2.05) is 40.7 Å². The van der Waals surface area contributed by atoms with Crippen molar-refractivity contribution in [1.82, 2.24) is 0 Å². The van der Waals surface area contributed by atoms with E-state index in [0.717, 1.165) is 11.4 Å². The number of allylic oxidation sites excluding steroid dienone is 2. The van der Waals surface area contributed by atoms with Crippen LogP contribution in [0.4, 0.5) is 0 Å². The summed E-state index contributed by atoms with van der Waals surface area (Å²) in [5, 5.41) is 7.93. The SMILES string of the molecule is CC(C)=C/C(C)=N/N=C(C)C. The van der Waals surface area contributed by atoms with Gasteiger partial charge in [0.25, 0.3) is 0 Å². The van der Waals surface area contributed by atoms with Gasteiger partial charge in [0.15, 0.2) is 0 Å². The summed E-state index contributed by atoms with van der Waals surface area (Å²) >= 11 is 0. The largest absolute Gasteiger partial charge is 0.160 e. The average Bonchev–Trinajstić information content (AvgIpc) is 1.82. The summed E-state index contributed by atoms with van der Waals surface area (Å²) in [6, 6.07) is 0. The van der Waals surface area contributed by atoms with E-state index in [4.69, 9.17) is 0 Å². The Kier molecular flexibility index (Phi) is 4.42. The summed E-state index contributed by atoms with van der Waals surface area (Å²) < 4.78 is 0. The molecule has 0 saturated heterocycles. The normalized spacial score (nSPS) is 10.8. The van der Waals surface area contributed by atoms with Crippen LogP contribution in [0.2, 0.25) is 0 Å². The van der Waals surface area contributed by atoms with Crippen LogP contribution in [0.15, 0.2) is 21.9 Å². The zero-order valence-electron chi connectivity index (χ0n) is 7.97. The minimum absolute atomic E-state index is 0.950. The Morgan fingerprint density at radius 3 is 1.82 bits per heavy atom. The van der Waals surface area contributed by atoms with Crippen molar-refractivity contribution in [2.75, 3.05) is 0 Å². The zero-order chi connectivity index (χ0) is 8.85. The van der Waals surface area contributed by atoms with Gasteiger partial charge in [0, 0.05) is 5.71 Å². The monoisotopic (exact) mass is 152 g/mol. The van der Waals surface area contributed by atoms with Crippen LogP contribution >= 0.6 is 0 Å². The van der Waals surface area contributed by atoms with Gasteiger partial charge in [0.05, 0.1) is 5.71 Å². The van der Waals surface area contributed by atoms with Crippen LogP contribution in [0, 0.1) is 0 Å². The Labute approximate surface area is 68.7 Å². The summed E-state index contributed by atoms with van der Waals surface area (Å²) in [7, 11) is 0. The molecule has 62 valence electrons. The van der Waals surface area contributed by atoms with Gasteiger partial charge in [0.2, 0.25) is 0 Å². The first-order valence-corrected chi connectivity index (χ1v) is 3.72. The predicted molar refractivity (Wildman–Crippen MR) is 51.3 cm³/mol. The molecule has 0 amide bonds. The average molecular weight is 152 g/mol. The second kappa shape index (κ2) is 4.83. The van der Waals surface area contributed by atoms with Gasteiger partial charge in [-0.25, -0.2) is 0 Å². The highest BCUT2D eigenvalue weighted by atomic mass is 15.2. The van der Waals surface area contributed by atoms with Gasteiger partial charge >= 0.3 is 0 Å². The van der Waals surface area contributed by atoms with Crippen molar-refractivity contribution in [3.63, 3.8) is 0 Å². The number of rotatable bonds is 2. The van der Waals surface area contributed by atoms with E-state index in [9.17, 15) is 0 Å². The molecule has 0 radical (unpaired) electrons. The number of hydrogen-bond donors (Lipinski definition) is 0. The van der Waals surface area contributed by atoms with Crippen molar-refractivity contribution in [3.05, 3.63) is 11.6 Å². The van der Waals surface area contributed by atoms with Crippen LogP contribution in [0.5, 0.6) is 0 Å². The molecule has 2 heteroatoms. The molecule has 0 aliphatic carbocycles. The van der Waals surface area contributed by atoms with Crippen molar-refractivity contribution < 1.29 is 0 Å². The third-order valence-corrected chi connectivity index (χ3v) is 0.905. The lowest BCUT2D eigenvalue weighted by atomic mass is 10.3. The van der Waals surface area contributed by atoms with E-state index in [0.29, 0.717) is 0 Å². The Balaban J connectivity index is 4.25. The Hall–Kier alpha value is -0.920. The molecule has 0 spiro atoms. The standard InChI is InChI=1S/C9H16N2/c1-7(2)6-9(5)11-10-8(3)4/h6H,1-5H3/b11-9+. The first kappa shape index (κ1) is 10.1. The molecule has 0 aromatic carbocycles. The summed E-state index contributed by atoms with van der Waals surface area (Å²) in [6.07, 6.45) is 2.01. The molecular formula is C9H16N2. The molecule has 0 aliphatic heterocycles. The van der Waals surface area contributed by atoms with E-state index in [1.54, 1.807) is 0 Å². The number of hydrogen-bond acceptors (Lipinski definition) is 2. The molecule has 0 rings (SSSR count). The van der Waals surface area contributed by atoms with Gasteiger partial charge in [0.1, 0.15) is 0 Å². The van der Waals surface area contributed by atoms with Crippen molar-refractivity contribution in [2.45, 2.75) is 34.6 Å². The van der Waals surface area contributed by atoms with Gasteiger partial charge in [-0.2, -0.15) is 10.2 Å². The van der Waals surface area contributed by atoms with Crippen molar-refractivity contribution >= 4 is 11.4 Å². The fourth-order valence-electron chi connectivity index (χ4n) is 0.626. The van der Waals surface area contributed by atoms with Gasteiger partial charge in [-0.15, -0.1) is 0 Å². The molecule has 0 aliphatic rings. The fraction of sp³-hybridized carbons (Fsp3) is 0.556. The minimum atomic E-state index is 0.950. The second-order valence-electron chi connectivity index (χ2n) is 3.01. The molecule has 0 saturated carbocycles.